The minimum atomic E-state index is 0.0696. The molecule has 0 bridgehead atoms. The van der Waals surface area contributed by atoms with Crippen molar-refractivity contribution in [2.45, 2.75) is 33.7 Å². The summed E-state index contributed by atoms with van der Waals surface area (Å²) in [4.78, 5) is 12.0. The van der Waals surface area contributed by atoms with Gasteiger partial charge in [-0.3, -0.25) is 4.79 Å². The van der Waals surface area contributed by atoms with Crippen LogP contribution in [0.5, 0.6) is 0 Å². The van der Waals surface area contributed by atoms with Crippen LogP contribution in [0.15, 0.2) is 30.3 Å². The highest BCUT2D eigenvalue weighted by atomic mass is 16.1. The van der Waals surface area contributed by atoms with E-state index < -0.39 is 0 Å². The van der Waals surface area contributed by atoms with Gasteiger partial charge in [0.25, 0.3) is 0 Å². The maximum atomic E-state index is 12.0. The minimum absolute atomic E-state index is 0.0696. The zero-order valence-electron chi connectivity index (χ0n) is 12.7. The van der Waals surface area contributed by atoms with Gasteiger partial charge in [-0.25, -0.2) is 0 Å². The van der Waals surface area contributed by atoms with E-state index in [1.54, 1.807) is 0 Å². The first kappa shape index (κ1) is 14.4. The van der Waals surface area contributed by atoms with Crippen molar-refractivity contribution in [3.8, 4) is 0 Å². The summed E-state index contributed by atoms with van der Waals surface area (Å²) in [5.41, 5.74) is 5.85. The van der Waals surface area contributed by atoms with Gasteiger partial charge in [-0.2, -0.15) is 0 Å². The molecule has 0 unspecified atom stereocenters. The lowest BCUT2D eigenvalue weighted by atomic mass is 10.1. The van der Waals surface area contributed by atoms with E-state index in [-0.39, 0.29) is 5.91 Å². The van der Waals surface area contributed by atoms with Crippen molar-refractivity contribution in [1.29, 1.82) is 0 Å². The Kier molecular flexibility index (Phi) is 4.28. The van der Waals surface area contributed by atoms with Crippen LogP contribution in [0.1, 0.15) is 28.1 Å². The molecule has 1 amide bonds. The smallest absolute Gasteiger partial charge is 0.224 e. The van der Waals surface area contributed by atoms with Gasteiger partial charge in [0.2, 0.25) is 5.91 Å². The van der Waals surface area contributed by atoms with Gasteiger partial charge in [0.15, 0.2) is 0 Å². The van der Waals surface area contributed by atoms with Crippen LogP contribution in [-0.4, -0.2) is 10.5 Å². The van der Waals surface area contributed by atoms with Gasteiger partial charge in [-0.1, -0.05) is 24.3 Å². The average molecular weight is 270 g/mol. The third kappa shape index (κ3) is 3.10. The van der Waals surface area contributed by atoms with Crippen LogP contribution in [0, 0.1) is 20.8 Å². The highest BCUT2D eigenvalue weighted by Crippen LogP contribution is 2.13. The molecule has 1 aromatic heterocycles. The molecule has 106 valence electrons. The normalized spacial score (nSPS) is 10.6. The van der Waals surface area contributed by atoms with E-state index >= 15 is 0 Å². The molecule has 0 spiro atoms. The maximum absolute atomic E-state index is 12.0. The van der Waals surface area contributed by atoms with E-state index in [4.69, 9.17) is 0 Å². The first-order valence-corrected chi connectivity index (χ1v) is 6.92. The second kappa shape index (κ2) is 5.95. The number of carbonyl (C=O) groups is 1. The number of aromatic nitrogens is 1. The molecule has 0 saturated carbocycles. The molecular formula is C17H22N2O. The molecule has 1 aromatic carbocycles. The SMILES string of the molecule is Cc1ccccc1CC(=O)NCc1cc(C)n(C)c1C. The molecule has 0 saturated heterocycles. The van der Waals surface area contributed by atoms with Gasteiger partial charge in [-0.05, 0) is 43.5 Å². The van der Waals surface area contributed by atoms with Crippen molar-refractivity contribution in [1.82, 2.24) is 9.88 Å². The highest BCUT2D eigenvalue weighted by molar-refractivity contribution is 5.78. The third-order valence-corrected chi connectivity index (χ3v) is 3.97. The fourth-order valence-electron chi connectivity index (χ4n) is 2.35. The molecule has 1 N–H and O–H groups in total. The third-order valence-electron chi connectivity index (χ3n) is 3.97. The second-order valence-corrected chi connectivity index (χ2v) is 5.34. The van der Waals surface area contributed by atoms with Gasteiger partial charge in [-0.15, -0.1) is 0 Å². The average Bonchev–Trinajstić information content (AvgIpc) is 2.66. The Labute approximate surface area is 120 Å². The Hall–Kier alpha value is -2.03. The summed E-state index contributed by atoms with van der Waals surface area (Å²) in [6.45, 7) is 6.78. The molecule has 1 heterocycles. The zero-order valence-corrected chi connectivity index (χ0v) is 12.7. The van der Waals surface area contributed by atoms with E-state index in [0.29, 0.717) is 13.0 Å². The predicted molar refractivity (Wildman–Crippen MR) is 81.6 cm³/mol. The number of aryl methyl sites for hydroxylation is 2. The summed E-state index contributed by atoms with van der Waals surface area (Å²) >= 11 is 0. The van der Waals surface area contributed by atoms with Crippen molar-refractivity contribution in [2.75, 3.05) is 0 Å². The molecule has 2 aromatic rings. The van der Waals surface area contributed by atoms with Gasteiger partial charge in [0.1, 0.15) is 0 Å². The number of hydrogen-bond acceptors (Lipinski definition) is 1. The number of carbonyl (C=O) groups excluding carboxylic acids is 1. The van der Waals surface area contributed by atoms with E-state index in [2.05, 4.69) is 29.8 Å². The van der Waals surface area contributed by atoms with Crippen LogP contribution in [0.4, 0.5) is 0 Å². The van der Waals surface area contributed by atoms with Crippen molar-refractivity contribution in [2.24, 2.45) is 7.05 Å². The van der Waals surface area contributed by atoms with Crippen molar-refractivity contribution in [3.63, 3.8) is 0 Å². The van der Waals surface area contributed by atoms with E-state index in [1.165, 1.54) is 17.0 Å². The number of rotatable bonds is 4. The second-order valence-electron chi connectivity index (χ2n) is 5.34. The molecule has 0 fully saturated rings. The van der Waals surface area contributed by atoms with Crippen LogP contribution < -0.4 is 5.32 Å². The fourth-order valence-corrected chi connectivity index (χ4v) is 2.35. The summed E-state index contributed by atoms with van der Waals surface area (Å²) in [5.74, 6) is 0.0696. The molecule has 0 aliphatic rings. The van der Waals surface area contributed by atoms with Crippen LogP contribution in [0.2, 0.25) is 0 Å². The van der Waals surface area contributed by atoms with E-state index in [9.17, 15) is 4.79 Å². The molecule has 3 heteroatoms. The van der Waals surface area contributed by atoms with Crippen LogP contribution in [0.3, 0.4) is 0 Å². The molecule has 0 aliphatic carbocycles. The van der Waals surface area contributed by atoms with Crippen molar-refractivity contribution >= 4 is 5.91 Å². The Bertz CT molecular complexity index is 626. The number of hydrogen-bond donors (Lipinski definition) is 1. The van der Waals surface area contributed by atoms with Gasteiger partial charge >= 0.3 is 0 Å². The monoisotopic (exact) mass is 270 g/mol. The lowest BCUT2D eigenvalue weighted by Gasteiger charge is -2.07. The first-order chi connectivity index (χ1) is 9.49. The molecule has 0 atom stereocenters. The lowest BCUT2D eigenvalue weighted by molar-refractivity contribution is -0.120. The zero-order chi connectivity index (χ0) is 14.7. The fraction of sp³-hybridized carbons (Fsp3) is 0.353. The van der Waals surface area contributed by atoms with Crippen LogP contribution >= 0.6 is 0 Å². The Balaban J connectivity index is 1.96. The van der Waals surface area contributed by atoms with Gasteiger partial charge in [0, 0.05) is 25.0 Å². The number of nitrogens with one attached hydrogen (secondary N) is 1. The topological polar surface area (TPSA) is 34.0 Å². The molecular weight excluding hydrogens is 248 g/mol. The standard InChI is InChI=1S/C17H22N2O/c1-12-7-5-6-8-15(12)10-17(20)18-11-16-9-13(2)19(4)14(16)3/h5-9H,10-11H2,1-4H3,(H,18,20). The van der Waals surface area contributed by atoms with Gasteiger partial charge in [0.05, 0.1) is 6.42 Å². The number of benzene rings is 1. The number of amides is 1. The minimum Gasteiger partial charge on any atom is -0.352 e. The molecule has 0 aliphatic heterocycles. The Morgan fingerprint density at radius 3 is 2.45 bits per heavy atom. The van der Waals surface area contributed by atoms with E-state index in [0.717, 1.165) is 11.1 Å². The summed E-state index contributed by atoms with van der Waals surface area (Å²) in [6, 6.07) is 10.1. The summed E-state index contributed by atoms with van der Waals surface area (Å²) < 4.78 is 2.14. The summed E-state index contributed by atoms with van der Waals surface area (Å²) in [6.07, 6.45) is 0.442. The largest absolute Gasteiger partial charge is 0.352 e. The number of nitrogens with zero attached hydrogens (tertiary/aromatic N) is 1. The predicted octanol–water partition coefficient (Wildman–Crippen LogP) is 2.81. The maximum Gasteiger partial charge on any atom is 0.224 e. The van der Waals surface area contributed by atoms with Crippen LogP contribution in [-0.2, 0) is 24.8 Å². The molecule has 0 radical (unpaired) electrons. The molecule has 2 rings (SSSR count). The van der Waals surface area contributed by atoms with Crippen LogP contribution in [0.25, 0.3) is 0 Å². The summed E-state index contributed by atoms with van der Waals surface area (Å²) in [5, 5.41) is 3.00. The Morgan fingerprint density at radius 2 is 1.85 bits per heavy atom. The first-order valence-electron chi connectivity index (χ1n) is 6.92. The van der Waals surface area contributed by atoms with Crippen molar-refractivity contribution in [3.05, 3.63) is 58.4 Å². The highest BCUT2D eigenvalue weighted by Gasteiger charge is 2.09. The molecule has 3 nitrogen and oxygen atoms in total. The van der Waals surface area contributed by atoms with E-state index in [1.807, 2.05) is 38.2 Å². The quantitative estimate of drug-likeness (QED) is 0.910. The lowest BCUT2D eigenvalue weighted by Crippen LogP contribution is -2.25. The Morgan fingerprint density at radius 1 is 1.15 bits per heavy atom. The van der Waals surface area contributed by atoms with Gasteiger partial charge < -0.3 is 9.88 Å². The molecule has 20 heavy (non-hydrogen) atoms. The summed E-state index contributed by atoms with van der Waals surface area (Å²) in [7, 11) is 2.04. The van der Waals surface area contributed by atoms with Crippen molar-refractivity contribution < 1.29 is 4.79 Å².